The van der Waals surface area contributed by atoms with Crippen LogP contribution >= 0.6 is 0 Å². The number of rotatable bonds is 3. The normalized spacial score (nSPS) is 13.0. The first-order valence-electron chi connectivity index (χ1n) is 4.86. The highest BCUT2D eigenvalue weighted by atomic mass is 16.5. The van der Waals surface area contributed by atoms with Crippen molar-refractivity contribution in [3.05, 3.63) is 23.8 Å². The van der Waals surface area contributed by atoms with Crippen LogP contribution < -0.4 is 5.73 Å². The highest BCUT2D eigenvalue weighted by Gasteiger charge is 2.16. The predicted octanol–water partition coefficient (Wildman–Crippen LogP) is 2.05. The van der Waals surface area contributed by atoms with Crippen molar-refractivity contribution in [2.45, 2.75) is 26.3 Å². The zero-order chi connectivity index (χ0) is 10.8. The van der Waals surface area contributed by atoms with E-state index in [1.165, 1.54) is 0 Å². The summed E-state index contributed by atoms with van der Waals surface area (Å²) >= 11 is 0. The van der Waals surface area contributed by atoms with E-state index in [-0.39, 0.29) is 6.04 Å². The summed E-state index contributed by atoms with van der Waals surface area (Å²) in [5.74, 6) is 1.54. The minimum atomic E-state index is -0.207. The zero-order valence-electron chi connectivity index (χ0n) is 8.73. The number of hydrogen-bond donors (Lipinski definition) is 1. The largest absolute Gasteiger partial charge is 0.461 e. The SMILES string of the molecule is CCC(N)c1nc(-c2occc2C)no1. The van der Waals surface area contributed by atoms with Crippen LogP contribution in [0.1, 0.15) is 30.8 Å². The quantitative estimate of drug-likeness (QED) is 0.833. The van der Waals surface area contributed by atoms with E-state index >= 15 is 0 Å². The van der Waals surface area contributed by atoms with Gasteiger partial charge in [-0.3, -0.25) is 0 Å². The first-order valence-corrected chi connectivity index (χ1v) is 4.86. The molecule has 0 radical (unpaired) electrons. The second kappa shape index (κ2) is 3.86. The van der Waals surface area contributed by atoms with E-state index in [1.54, 1.807) is 6.26 Å². The van der Waals surface area contributed by atoms with Crippen LogP contribution in [0.3, 0.4) is 0 Å². The van der Waals surface area contributed by atoms with Crippen molar-refractivity contribution in [3.8, 4) is 11.6 Å². The van der Waals surface area contributed by atoms with Crippen LogP contribution in [0.4, 0.5) is 0 Å². The first kappa shape index (κ1) is 9.92. The molecule has 0 spiro atoms. The number of nitrogens with zero attached hydrogens (tertiary/aromatic N) is 2. The molecule has 0 saturated carbocycles. The lowest BCUT2D eigenvalue weighted by atomic mass is 10.2. The fraction of sp³-hybridized carbons (Fsp3) is 0.400. The molecule has 0 aromatic carbocycles. The molecule has 2 rings (SSSR count). The van der Waals surface area contributed by atoms with Gasteiger partial charge in [-0.1, -0.05) is 12.1 Å². The monoisotopic (exact) mass is 207 g/mol. The van der Waals surface area contributed by atoms with Gasteiger partial charge in [-0.15, -0.1) is 0 Å². The molecule has 1 unspecified atom stereocenters. The maximum atomic E-state index is 5.77. The Labute approximate surface area is 87.3 Å². The van der Waals surface area contributed by atoms with Crippen molar-refractivity contribution in [1.29, 1.82) is 0 Å². The molecule has 15 heavy (non-hydrogen) atoms. The smallest absolute Gasteiger partial charge is 0.243 e. The summed E-state index contributed by atoms with van der Waals surface area (Å²) in [5, 5.41) is 3.83. The van der Waals surface area contributed by atoms with Crippen molar-refractivity contribution in [3.63, 3.8) is 0 Å². The van der Waals surface area contributed by atoms with Gasteiger partial charge >= 0.3 is 0 Å². The average molecular weight is 207 g/mol. The number of furan rings is 1. The van der Waals surface area contributed by atoms with E-state index < -0.39 is 0 Å². The van der Waals surface area contributed by atoms with Gasteiger partial charge in [0.15, 0.2) is 5.76 Å². The Morgan fingerprint density at radius 2 is 2.33 bits per heavy atom. The molecular formula is C10H13N3O2. The van der Waals surface area contributed by atoms with Gasteiger partial charge in [-0.25, -0.2) is 0 Å². The van der Waals surface area contributed by atoms with Gasteiger partial charge in [-0.2, -0.15) is 4.98 Å². The topological polar surface area (TPSA) is 78.1 Å². The van der Waals surface area contributed by atoms with Gasteiger partial charge in [0.2, 0.25) is 11.7 Å². The molecule has 0 fully saturated rings. The molecule has 5 nitrogen and oxygen atoms in total. The molecule has 2 N–H and O–H groups in total. The predicted molar refractivity (Wildman–Crippen MR) is 54.0 cm³/mol. The van der Waals surface area contributed by atoms with Crippen molar-refractivity contribution < 1.29 is 8.94 Å². The molecule has 0 aliphatic carbocycles. The zero-order valence-corrected chi connectivity index (χ0v) is 8.73. The Balaban J connectivity index is 2.32. The molecule has 2 heterocycles. The van der Waals surface area contributed by atoms with Crippen LogP contribution in [0.25, 0.3) is 11.6 Å². The summed E-state index contributed by atoms with van der Waals surface area (Å²) in [6.07, 6.45) is 2.36. The minimum Gasteiger partial charge on any atom is -0.461 e. The third kappa shape index (κ3) is 1.78. The molecule has 2 aromatic heterocycles. The summed E-state index contributed by atoms with van der Waals surface area (Å²) in [6.45, 7) is 3.89. The fourth-order valence-corrected chi connectivity index (χ4v) is 1.25. The molecule has 0 aliphatic rings. The number of nitrogens with two attached hydrogens (primary N) is 1. The van der Waals surface area contributed by atoms with Crippen LogP contribution in [-0.2, 0) is 0 Å². The van der Waals surface area contributed by atoms with E-state index in [1.807, 2.05) is 19.9 Å². The average Bonchev–Trinajstić information content (AvgIpc) is 2.84. The van der Waals surface area contributed by atoms with Crippen molar-refractivity contribution in [2.24, 2.45) is 5.73 Å². The van der Waals surface area contributed by atoms with E-state index in [4.69, 9.17) is 14.7 Å². The van der Waals surface area contributed by atoms with Crippen LogP contribution in [0, 0.1) is 6.92 Å². The summed E-state index contributed by atoms with van der Waals surface area (Å²) < 4.78 is 10.3. The number of hydrogen-bond acceptors (Lipinski definition) is 5. The lowest BCUT2D eigenvalue weighted by Gasteiger charge is -1.98. The molecule has 1 atom stereocenters. The highest BCUT2D eigenvalue weighted by Crippen LogP contribution is 2.22. The van der Waals surface area contributed by atoms with Crippen LogP contribution in [-0.4, -0.2) is 10.1 Å². The van der Waals surface area contributed by atoms with Gasteiger partial charge in [-0.05, 0) is 25.0 Å². The lowest BCUT2D eigenvalue weighted by molar-refractivity contribution is 0.351. The Bertz CT molecular complexity index is 447. The molecule has 2 aromatic rings. The van der Waals surface area contributed by atoms with E-state index in [9.17, 15) is 0 Å². The van der Waals surface area contributed by atoms with Gasteiger partial charge in [0.05, 0.1) is 12.3 Å². The standard InChI is InChI=1S/C10H13N3O2/c1-3-7(11)10-12-9(13-15-10)8-6(2)4-5-14-8/h4-5,7H,3,11H2,1-2H3. The summed E-state index contributed by atoms with van der Waals surface area (Å²) in [6, 6.07) is 1.65. The van der Waals surface area contributed by atoms with Gasteiger partial charge in [0.25, 0.3) is 0 Å². The molecule has 0 aliphatic heterocycles. The maximum absolute atomic E-state index is 5.77. The highest BCUT2D eigenvalue weighted by molar-refractivity contribution is 5.50. The van der Waals surface area contributed by atoms with E-state index in [0.717, 1.165) is 12.0 Å². The summed E-state index contributed by atoms with van der Waals surface area (Å²) in [5.41, 5.74) is 6.75. The van der Waals surface area contributed by atoms with E-state index in [0.29, 0.717) is 17.5 Å². The minimum absolute atomic E-state index is 0.207. The third-order valence-corrected chi connectivity index (χ3v) is 2.26. The van der Waals surface area contributed by atoms with Gasteiger partial charge in [0.1, 0.15) is 0 Å². The molecule has 0 saturated heterocycles. The van der Waals surface area contributed by atoms with E-state index in [2.05, 4.69) is 10.1 Å². The van der Waals surface area contributed by atoms with Crippen LogP contribution in [0.2, 0.25) is 0 Å². The van der Waals surface area contributed by atoms with Crippen LogP contribution in [0.5, 0.6) is 0 Å². The Morgan fingerprint density at radius 1 is 1.53 bits per heavy atom. The molecule has 0 bridgehead atoms. The second-order valence-corrected chi connectivity index (χ2v) is 3.40. The first-order chi connectivity index (χ1) is 7.22. The summed E-state index contributed by atoms with van der Waals surface area (Å²) in [7, 11) is 0. The molecular weight excluding hydrogens is 194 g/mol. The van der Waals surface area contributed by atoms with Crippen molar-refractivity contribution >= 4 is 0 Å². The lowest BCUT2D eigenvalue weighted by Crippen LogP contribution is -2.08. The fourth-order valence-electron chi connectivity index (χ4n) is 1.25. The van der Waals surface area contributed by atoms with Crippen molar-refractivity contribution in [1.82, 2.24) is 10.1 Å². The Morgan fingerprint density at radius 3 is 2.93 bits per heavy atom. The number of aromatic nitrogens is 2. The molecule has 80 valence electrons. The summed E-state index contributed by atoms with van der Waals surface area (Å²) in [4.78, 5) is 4.19. The van der Waals surface area contributed by atoms with Crippen LogP contribution in [0.15, 0.2) is 21.3 Å². The Hall–Kier alpha value is -1.62. The molecule has 5 heteroatoms. The van der Waals surface area contributed by atoms with Gasteiger partial charge < -0.3 is 14.7 Å². The third-order valence-electron chi connectivity index (χ3n) is 2.26. The molecule has 0 amide bonds. The van der Waals surface area contributed by atoms with Crippen molar-refractivity contribution in [2.75, 3.05) is 0 Å². The maximum Gasteiger partial charge on any atom is 0.243 e. The Kier molecular flexibility index (Phi) is 2.55. The second-order valence-electron chi connectivity index (χ2n) is 3.40. The van der Waals surface area contributed by atoms with Gasteiger partial charge in [0, 0.05) is 0 Å². The number of aryl methyl sites for hydroxylation is 1.